The van der Waals surface area contributed by atoms with Gasteiger partial charge in [-0.2, -0.15) is 0 Å². The van der Waals surface area contributed by atoms with E-state index in [0.717, 1.165) is 49.5 Å². The van der Waals surface area contributed by atoms with Crippen molar-refractivity contribution in [1.29, 1.82) is 0 Å². The largest absolute Gasteiger partial charge is 0.363 e. The zero-order valence-electron chi connectivity index (χ0n) is 14.2. The number of anilines is 1. The Morgan fingerprint density at radius 2 is 2.16 bits per heavy atom. The highest BCUT2D eigenvalue weighted by Crippen LogP contribution is 2.25. The Balaban J connectivity index is 0.00000225. The standard InChI is InChI=1S/C17H23BrN4S2.HI/c1-2-19-17(20-11-15-10-13(18)12-24-15)21-14-5-7-22(8-6-14)16-4-3-9-23-16;/h3-4,9-10,12,14H,2,5-8,11H2,1H3,(H2,19,20,21);1H. The lowest BCUT2D eigenvalue weighted by Crippen LogP contribution is -2.48. The quantitative estimate of drug-likeness (QED) is 0.313. The summed E-state index contributed by atoms with van der Waals surface area (Å²) >= 11 is 7.06. The van der Waals surface area contributed by atoms with Crippen LogP contribution < -0.4 is 15.5 Å². The van der Waals surface area contributed by atoms with Crippen molar-refractivity contribution in [2.24, 2.45) is 4.99 Å². The van der Waals surface area contributed by atoms with Crippen LogP contribution in [0.3, 0.4) is 0 Å². The molecule has 4 nitrogen and oxygen atoms in total. The van der Waals surface area contributed by atoms with Gasteiger partial charge in [-0.1, -0.05) is 0 Å². The van der Waals surface area contributed by atoms with Crippen LogP contribution in [-0.4, -0.2) is 31.6 Å². The maximum Gasteiger partial charge on any atom is 0.191 e. The second kappa shape index (κ2) is 10.7. The van der Waals surface area contributed by atoms with Crippen LogP contribution in [0.2, 0.25) is 0 Å². The van der Waals surface area contributed by atoms with Crippen LogP contribution in [0, 0.1) is 0 Å². The fourth-order valence-electron chi connectivity index (χ4n) is 2.80. The molecule has 1 saturated heterocycles. The van der Waals surface area contributed by atoms with E-state index >= 15 is 0 Å². The predicted octanol–water partition coefficient (Wildman–Crippen LogP) is 4.91. The first kappa shape index (κ1) is 21.0. The number of thiophene rings is 2. The molecule has 0 saturated carbocycles. The van der Waals surface area contributed by atoms with Gasteiger partial charge in [-0.05, 0) is 59.3 Å². The van der Waals surface area contributed by atoms with E-state index in [0.29, 0.717) is 6.04 Å². The molecule has 3 heterocycles. The van der Waals surface area contributed by atoms with Crippen LogP contribution in [-0.2, 0) is 6.54 Å². The van der Waals surface area contributed by atoms with E-state index in [1.807, 2.05) is 11.3 Å². The summed E-state index contributed by atoms with van der Waals surface area (Å²) in [6.07, 6.45) is 2.29. The highest BCUT2D eigenvalue weighted by atomic mass is 127. The molecular formula is C17H24BrIN4S2. The van der Waals surface area contributed by atoms with Gasteiger partial charge in [-0.15, -0.1) is 46.7 Å². The molecule has 0 atom stereocenters. The van der Waals surface area contributed by atoms with Gasteiger partial charge in [0, 0.05) is 40.4 Å². The number of rotatable bonds is 5. The Labute approximate surface area is 183 Å². The first-order valence-electron chi connectivity index (χ1n) is 8.31. The number of hydrogen-bond acceptors (Lipinski definition) is 4. The molecule has 1 aliphatic rings. The van der Waals surface area contributed by atoms with Gasteiger partial charge in [0.05, 0.1) is 11.5 Å². The molecule has 0 spiro atoms. The molecule has 0 aromatic carbocycles. The van der Waals surface area contributed by atoms with E-state index in [1.54, 1.807) is 11.3 Å². The van der Waals surface area contributed by atoms with Crippen LogP contribution in [0.1, 0.15) is 24.6 Å². The SMILES string of the molecule is CCNC(=NCc1cc(Br)cs1)NC1CCN(c2cccs2)CC1.I. The Morgan fingerprint density at radius 1 is 1.36 bits per heavy atom. The van der Waals surface area contributed by atoms with Gasteiger partial charge in [-0.3, -0.25) is 0 Å². The second-order valence-electron chi connectivity index (χ2n) is 5.78. The average molecular weight is 555 g/mol. The summed E-state index contributed by atoms with van der Waals surface area (Å²) in [5, 5.41) is 12.6. The highest BCUT2D eigenvalue weighted by Gasteiger charge is 2.20. The minimum atomic E-state index is 0. The van der Waals surface area contributed by atoms with Crippen molar-refractivity contribution < 1.29 is 0 Å². The van der Waals surface area contributed by atoms with Crippen LogP contribution >= 0.6 is 62.6 Å². The topological polar surface area (TPSA) is 39.7 Å². The number of guanidine groups is 1. The van der Waals surface area contributed by atoms with Crippen LogP contribution in [0.15, 0.2) is 38.4 Å². The monoisotopic (exact) mass is 554 g/mol. The van der Waals surface area contributed by atoms with E-state index < -0.39 is 0 Å². The van der Waals surface area contributed by atoms with Crippen LogP contribution in [0.25, 0.3) is 0 Å². The normalized spacial score (nSPS) is 15.8. The third kappa shape index (κ3) is 6.41. The van der Waals surface area contributed by atoms with Gasteiger partial charge in [0.25, 0.3) is 0 Å². The molecule has 25 heavy (non-hydrogen) atoms. The lowest BCUT2D eigenvalue weighted by Gasteiger charge is -2.33. The highest BCUT2D eigenvalue weighted by molar-refractivity contribution is 14.0. The molecule has 1 aliphatic heterocycles. The first-order chi connectivity index (χ1) is 11.7. The maximum absolute atomic E-state index is 4.73. The zero-order chi connectivity index (χ0) is 16.8. The maximum atomic E-state index is 4.73. The number of halogens is 2. The van der Waals surface area contributed by atoms with Crippen molar-refractivity contribution in [1.82, 2.24) is 10.6 Å². The molecule has 3 rings (SSSR count). The molecule has 0 aliphatic carbocycles. The molecule has 0 bridgehead atoms. The van der Waals surface area contributed by atoms with Gasteiger partial charge in [-0.25, -0.2) is 4.99 Å². The van der Waals surface area contributed by atoms with Gasteiger partial charge in [0.15, 0.2) is 5.96 Å². The summed E-state index contributed by atoms with van der Waals surface area (Å²) < 4.78 is 1.14. The first-order valence-corrected chi connectivity index (χ1v) is 10.9. The van der Waals surface area contributed by atoms with Crippen molar-refractivity contribution in [3.63, 3.8) is 0 Å². The summed E-state index contributed by atoms with van der Waals surface area (Å²) in [5.74, 6) is 0.927. The Bertz CT molecular complexity index is 651. The van der Waals surface area contributed by atoms with Gasteiger partial charge in [0.2, 0.25) is 0 Å². The lowest BCUT2D eigenvalue weighted by atomic mass is 10.1. The molecule has 1 fully saturated rings. The Morgan fingerprint density at radius 3 is 2.76 bits per heavy atom. The Kier molecular flexibility index (Phi) is 9.01. The third-order valence-electron chi connectivity index (χ3n) is 4.01. The fraction of sp³-hybridized carbons (Fsp3) is 0.471. The van der Waals surface area contributed by atoms with Crippen molar-refractivity contribution >= 4 is 73.5 Å². The van der Waals surface area contributed by atoms with Gasteiger partial charge < -0.3 is 15.5 Å². The predicted molar refractivity (Wildman–Crippen MR) is 125 cm³/mol. The molecular weight excluding hydrogens is 531 g/mol. The summed E-state index contributed by atoms with van der Waals surface area (Å²) in [6.45, 7) is 5.93. The zero-order valence-corrected chi connectivity index (χ0v) is 19.8. The fourth-order valence-corrected chi connectivity index (χ4v) is 4.96. The van der Waals surface area contributed by atoms with Crippen molar-refractivity contribution in [3.05, 3.63) is 38.3 Å². The molecule has 8 heteroatoms. The van der Waals surface area contributed by atoms with Crippen molar-refractivity contribution in [2.45, 2.75) is 32.4 Å². The van der Waals surface area contributed by atoms with Gasteiger partial charge in [0.1, 0.15) is 0 Å². The number of hydrogen-bond donors (Lipinski definition) is 2. The molecule has 0 radical (unpaired) electrons. The molecule has 0 unspecified atom stereocenters. The molecule has 138 valence electrons. The summed E-state index contributed by atoms with van der Waals surface area (Å²) in [7, 11) is 0. The third-order valence-corrected chi connectivity index (χ3v) is 6.62. The van der Waals surface area contributed by atoms with Crippen molar-refractivity contribution in [3.8, 4) is 0 Å². The smallest absolute Gasteiger partial charge is 0.191 e. The number of piperidine rings is 1. The number of nitrogens with one attached hydrogen (secondary N) is 2. The van der Waals surface area contributed by atoms with E-state index in [2.05, 4.69) is 67.3 Å². The van der Waals surface area contributed by atoms with Crippen molar-refractivity contribution in [2.75, 3.05) is 24.5 Å². The number of aliphatic imine (C=N–C) groups is 1. The van der Waals surface area contributed by atoms with E-state index in [-0.39, 0.29) is 24.0 Å². The lowest BCUT2D eigenvalue weighted by molar-refractivity contribution is 0.463. The minimum Gasteiger partial charge on any atom is -0.363 e. The van der Waals surface area contributed by atoms with Crippen LogP contribution in [0.5, 0.6) is 0 Å². The molecule has 2 N–H and O–H groups in total. The molecule has 2 aromatic rings. The van der Waals surface area contributed by atoms with Gasteiger partial charge >= 0.3 is 0 Å². The van der Waals surface area contributed by atoms with E-state index in [4.69, 9.17) is 4.99 Å². The molecule has 0 amide bonds. The van der Waals surface area contributed by atoms with Crippen LogP contribution in [0.4, 0.5) is 5.00 Å². The second-order valence-corrected chi connectivity index (χ2v) is 8.62. The van der Waals surface area contributed by atoms with E-state index in [1.165, 1.54) is 9.88 Å². The summed E-state index contributed by atoms with van der Waals surface area (Å²) in [5.41, 5.74) is 0. The van der Waals surface area contributed by atoms with E-state index in [9.17, 15) is 0 Å². The number of nitrogens with zero attached hydrogens (tertiary/aromatic N) is 2. The Hall–Kier alpha value is -0.320. The summed E-state index contributed by atoms with van der Waals surface area (Å²) in [4.78, 5) is 8.48. The average Bonchev–Trinajstić information content (AvgIpc) is 3.25. The summed E-state index contributed by atoms with van der Waals surface area (Å²) in [6, 6.07) is 6.97. The molecule has 2 aromatic heterocycles. The minimum absolute atomic E-state index is 0.